The highest BCUT2D eigenvalue weighted by atomic mass is 19.4. The first-order valence-corrected chi connectivity index (χ1v) is 7.55. The molecule has 0 bridgehead atoms. The van der Waals surface area contributed by atoms with Crippen LogP contribution in [-0.2, 0) is 15.7 Å². The zero-order chi connectivity index (χ0) is 20.2. The van der Waals surface area contributed by atoms with Gasteiger partial charge >= 0.3 is 12.1 Å². The molecule has 2 aromatic rings. The summed E-state index contributed by atoms with van der Waals surface area (Å²) in [6.07, 6.45) is -4.52. The van der Waals surface area contributed by atoms with Gasteiger partial charge in [0.1, 0.15) is 11.7 Å². The molecule has 1 unspecified atom stereocenters. The van der Waals surface area contributed by atoms with Crippen molar-refractivity contribution >= 4 is 17.5 Å². The van der Waals surface area contributed by atoms with Gasteiger partial charge in [-0.05, 0) is 31.2 Å². The Morgan fingerprint density at radius 3 is 2.59 bits per heavy atom. The molecule has 1 heterocycles. The molecule has 0 aliphatic heterocycles. The zero-order valence-corrected chi connectivity index (χ0v) is 14.0. The maximum atomic E-state index is 12.8. The summed E-state index contributed by atoms with van der Waals surface area (Å²) in [5, 5.41) is 16.1. The van der Waals surface area contributed by atoms with Crippen molar-refractivity contribution in [1.82, 2.24) is 0 Å². The Kier molecular flexibility index (Phi) is 5.80. The van der Waals surface area contributed by atoms with Gasteiger partial charge in [0.2, 0.25) is 5.76 Å². The van der Waals surface area contributed by atoms with Gasteiger partial charge in [-0.1, -0.05) is 12.1 Å². The van der Waals surface area contributed by atoms with E-state index in [4.69, 9.17) is 19.8 Å². The number of nitriles is 1. The number of ether oxygens (including phenoxy) is 1. The van der Waals surface area contributed by atoms with Crippen LogP contribution in [0, 0.1) is 22.7 Å². The van der Waals surface area contributed by atoms with Crippen LogP contribution in [0.15, 0.2) is 40.8 Å². The van der Waals surface area contributed by atoms with E-state index < -0.39 is 36.0 Å². The van der Waals surface area contributed by atoms with Crippen molar-refractivity contribution in [3.63, 3.8) is 0 Å². The highest BCUT2D eigenvalue weighted by Crippen LogP contribution is 2.32. The van der Waals surface area contributed by atoms with E-state index in [2.05, 4.69) is 0 Å². The van der Waals surface area contributed by atoms with Gasteiger partial charge < -0.3 is 14.6 Å². The highest BCUT2D eigenvalue weighted by molar-refractivity contribution is 6.06. The minimum Gasteiger partial charge on any atom is -0.452 e. The lowest BCUT2D eigenvalue weighted by molar-refractivity contribution is -0.137. The standard InChI is InChI=1S/C18H13F3N2O4/c1-10(23)13(8-22)14(24)9-26-17(25)16-6-5-15(27-16)11-3-2-4-12(7-11)18(19,20)21/h2-7,13,23H,9H2,1H3. The van der Waals surface area contributed by atoms with E-state index in [9.17, 15) is 22.8 Å². The maximum absolute atomic E-state index is 12.8. The van der Waals surface area contributed by atoms with Crippen molar-refractivity contribution in [2.75, 3.05) is 6.61 Å². The van der Waals surface area contributed by atoms with Crippen molar-refractivity contribution in [2.24, 2.45) is 5.92 Å². The Balaban J connectivity index is 2.10. The molecule has 0 saturated carbocycles. The topological polar surface area (TPSA) is 104 Å². The van der Waals surface area contributed by atoms with Gasteiger partial charge in [0, 0.05) is 11.3 Å². The monoisotopic (exact) mass is 378 g/mol. The number of alkyl halides is 3. The van der Waals surface area contributed by atoms with Crippen LogP contribution in [-0.4, -0.2) is 24.1 Å². The third kappa shape index (κ3) is 4.82. The van der Waals surface area contributed by atoms with E-state index in [-0.39, 0.29) is 22.8 Å². The van der Waals surface area contributed by atoms with Crippen molar-refractivity contribution in [3.8, 4) is 17.4 Å². The van der Waals surface area contributed by atoms with Crippen LogP contribution in [0.4, 0.5) is 13.2 Å². The molecular formula is C18H13F3N2O4. The molecule has 0 spiro atoms. The summed E-state index contributed by atoms with van der Waals surface area (Å²) in [5.41, 5.74) is -0.928. The number of carbonyl (C=O) groups is 2. The molecule has 9 heteroatoms. The van der Waals surface area contributed by atoms with Gasteiger partial charge in [-0.2, -0.15) is 18.4 Å². The van der Waals surface area contributed by atoms with Crippen LogP contribution >= 0.6 is 0 Å². The molecule has 0 radical (unpaired) electrons. The van der Waals surface area contributed by atoms with Crippen molar-refractivity contribution < 1.29 is 31.9 Å². The Hall–Kier alpha value is -3.41. The molecule has 140 valence electrons. The fourth-order valence-electron chi connectivity index (χ4n) is 2.15. The van der Waals surface area contributed by atoms with Crippen molar-refractivity contribution in [1.29, 1.82) is 10.7 Å². The molecule has 1 N–H and O–H groups in total. The quantitative estimate of drug-likeness (QED) is 0.607. The van der Waals surface area contributed by atoms with Gasteiger partial charge in [0.05, 0.1) is 11.6 Å². The number of Topliss-reactive ketones (excluding diaryl/α,β-unsaturated/α-hetero) is 1. The summed E-state index contributed by atoms with van der Waals surface area (Å²) in [5.74, 6) is -3.38. The average molecular weight is 378 g/mol. The highest BCUT2D eigenvalue weighted by Gasteiger charge is 2.30. The minimum absolute atomic E-state index is 0.0182. The molecule has 1 aromatic carbocycles. The number of furan rings is 1. The molecule has 0 aliphatic rings. The first kappa shape index (κ1) is 19.9. The van der Waals surface area contributed by atoms with Gasteiger partial charge in [0.25, 0.3) is 0 Å². The van der Waals surface area contributed by atoms with Crippen molar-refractivity contribution in [3.05, 3.63) is 47.7 Å². The lowest BCUT2D eigenvalue weighted by Gasteiger charge is -2.07. The normalized spacial score (nSPS) is 12.1. The summed E-state index contributed by atoms with van der Waals surface area (Å²) >= 11 is 0. The number of rotatable bonds is 6. The van der Waals surface area contributed by atoms with Crippen LogP contribution in [0.3, 0.4) is 0 Å². The summed E-state index contributed by atoms with van der Waals surface area (Å²) in [6, 6.07) is 8.50. The smallest absolute Gasteiger partial charge is 0.416 e. The van der Waals surface area contributed by atoms with E-state index in [1.807, 2.05) is 0 Å². The SMILES string of the molecule is CC(=N)C(C#N)C(=O)COC(=O)c1ccc(-c2cccc(C(F)(F)F)c2)o1. The van der Waals surface area contributed by atoms with E-state index in [1.165, 1.54) is 31.2 Å². The number of benzene rings is 1. The molecule has 27 heavy (non-hydrogen) atoms. The number of carbonyl (C=O) groups excluding carboxylic acids is 2. The largest absolute Gasteiger partial charge is 0.452 e. The summed E-state index contributed by atoms with van der Waals surface area (Å²) in [4.78, 5) is 23.6. The zero-order valence-electron chi connectivity index (χ0n) is 14.0. The third-order valence-electron chi connectivity index (χ3n) is 3.51. The number of halogens is 3. The Morgan fingerprint density at radius 2 is 2.00 bits per heavy atom. The summed E-state index contributed by atoms with van der Waals surface area (Å²) < 4.78 is 48.3. The Morgan fingerprint density at radius 1 is 1.30 bits per heavy atom. The van der Waals surface area contributed by atoms with Crippen LogP contribution in [0.1, 0.15) is 23.0 Å². The maximum Gasteiger partial charge on any atom is 0.416 e. The van der Waals surface area contributed by atoms with Gasteiger partial charge in [-0.15, -0.1) is 0 Å². The number of ketones is 1. The van der Waals surface area contributed by atoms with Gasteiger partial charge in [0.15, 0.2) is 12.4 Å². The Bertz CT molecular complexity index is 925. The third-order valence-corrected chi connectivity index (χ3v) is 3.51. The van der Waals surface area contributed by atoms with Crippen LogP contribution in [0.2, 0.25) is 0 Å². The molecule has 0 aliphatic carbocycles. The van der Waals surface area contributed by atoms with Crippen LogP contribution in [0.5, 0.6) is 0 Å². The van der Waals surface area contributed by atoms with E-state index >= 15 is 0 Å². The molecular weight excluding hydrogens is 365 g/mol. The number of nitrogens with one attached hydrogen (secondary N) is 1. The van der Waals surface area contributed by atoms with E-state index in [0.717, 1.165) is 12.1 Å². The first-order valence-electron chi connectivity index (χ1n) is 7.55. The van der Waals surface area contributed by atoms with E-state index in [0.29, 0.717) is 0 Å². The fourth-order valence-corrected chi connectivity index (χ4v) is 2.15. The molecule has 1 aromatic heterocycles. The summed E-state index contributed by atoms with van der Waals surface area (Å²) in [7, 11) is 0. The predicted molar refractivity (Wildman–Crippen MR) is 86.9 cm³/mol. The number of nitrogens with zero attached hydrogens (tertiary/aromatic N) is 1. The molecule has 0 amide bonds. The molecule has 0 saturated heterocycles. The fraction of sp³-hybridized carbons (Fsp3) is 0.222. The molecule has 6 nitrogen and oxygen atoms in total. The second kappa shape index (κ2) is 7.86. The van der Waals surface area contributed by atoms with Crippen molar-refractivity contribution in [2.45, 2.75) is 13.1 Å². The minimum atomic E-state index is -4.52. The van der Waals surface area contributed by atoms with Crippen LogP contribution < -0.4 is 0 Å². The van der Waals surface area contributed by atoms with Crippen LogP contribution in [0.25, 0.3) is 11.3 Å². The van der Waals surface area contributed by atoms with Gasteiger partial charge in [-0.3, -0.25) is 4.79 Å². The number of hydrogen-bond acceptors (Lipinski definition) is 6. The first-order chi connectivity index (χ1) is 12.6. The Labute approximate surface area is 151 Å². The molecule has 1 atom stereocenters. The lowest BCUT2D eigenvalue weighted by atomic mass is 10.0. The number of esters is 1. The molecule has 0 fully saturated rings. The predicted octanol–water partition coefficient (Wildman–Crippen LogP) is 3.87. The second-order valence-electron chi connectivity index (χ2n) is 5.53. The van der Waals surface area contributed by atoms with Gasteiger partial charge in [-0.25, -0.2) is 4.79 Å². The summed E-state index contributed by atoms with van der Waals surface area (Å²) in [6.45, 7) is 0.550. The van der Waals surface area contributed by atoms with E-state index in [1.54, 1.807) is 6.07 Å². The molecule has 2 rings (SSSR count). The average Bonchev–Trinajstić information content (AvgIpc) is 3.09. The number of hydrogen-bond donors (Lipinski definition) is 1. The second-order valence-corrected chi connectivity index (χ2v) is 5.53. The lowest BCUT2D eigenvalue weighted by Crippen LogP contribution is -2.25.